The second kappa shape index (κ2) is 10.5. The van der Waals surface area contributed by atoms with Crippen LogP contribution in [0.3, 0.4) is 0 Å². The number of aliphatic hydroxyl groups excluding tert-OH is 1. The summed E-state index contributed by atoms with van der Waals surface area (Å²) in [5.74, 6) is -1.98. The van der Waals surface area contributed by atoms with Crippen molar-refractivity contribution < 1.29 is 32.6 Å². The van der Waals surface area contributed by atoms with Crippen LogP contribution >= 0.6 is 11.6 Å². The first-order valence-corrected chi connectivity index (χ1v) is 14.0. The maximum absolute atomic E-state index is 15.1. The molecule has 0 saturated carbocycles. The number of aromatic carboxylic acids is 1. The molecule has 0 unspecified atom stereocenters. The number of benzene rings is 2. The summed E-state index contributed by atoms with van der Waals surface area (Å²) in [5.41, 5.74) is -0.164. The number of carbonyl (C=O) groups is 1. The molecule has 0 spiro atoms. The Kier molecular flexibility index (Phi) is 7.74. The average Bonchev–Trinajstić information content (AvgIpc) is 3.21. The Balaban J connectivity index is 1.92. The molecule has 0 bridgehead atoms. The van der Waals surface area contributed by atoms with Crippen molar-refractivity contribution >= 4 is 44.2 Å². The van der Waals surface area contributed by atoms with E-state index >= 15 is 4.39 Å². The van der Waals surface area contributed by atoms with Crippen LogP contribution in [-0.2, 0) is 16.4 Å². The highest BCUT2D eigenvalue weighted by Gasteiger charge is 2.30. The van der Waals surface area contributed by atoms with E-state index in [2.05, 4.69) is 0 Å². The van der Waals surface area contributed by atoms with Crippen LogP contribution in [-0.4, -0.2) is 55.2 Å². The smallest absolute Gasteiger partial charge is 0.341 e. The first-order chi connectivity index (χ1) is 17.9. The molecule has 1 saturated heterocycles. The minimum absolute atomic E-state index is 0.0147. The first kappa shape index (κ1) is 27.9. The van der Waals surface area contributed by atoms with E-state index in [1.54, 1.807) is 10.6 Å². The zero-order chi connectivity index (χ0) is 27.9. The summed E-state index contributed by atoms with van der Waals surface area (Å²) in [6, 6.07) is 5.14. The Labute approximate surface area is 224 Å². The van der Waals surface area contributed by atoms with Gasteiger partial charge in [0.25, 0.3) is 0 Å². The van der Waals surface area contributed by atoms with Gasteiger partial charge in [0.2, 0.25) is 15.5 Å². The SMILES string of the molecule is COc1cc2c(cc1Cc1cc(N3CCCS3(=O)=O)cc(Cl)c1F)c(=O)c(C(=O)O)cn2[C@H](CO)C(C)C. The van der Waals surface area contributed by atoms with Crippen molar-refractivity contribution in [2.75, 3.05) is 30.3 Å². The summed E-state index contributed by atoms with van der Waals surface area (Å²) in [7, 11) is -2.13. The molecule has 12 heteroatoms. The maximum atomic E-state index is 15.1. The lowest BCUT2D eigenvalue weighted by Crippen LogP contribution is -2.25. The minimum Gasteiger partial charge on any atom is -0.496 e. The van der Waals surface area contributed by atoms with E-state index in [1.165, 1.54) is 35.8 Å². The van der Waals surface area contributed by atoms with Crippen LogP contribution in [0.4, 0.5) is 10.1 Å². The summed E-state index contributed by atoms with van der Waals surface area (Å²) in [6.45, 7) is 3.67. The fraction of sp³-hybridized carbons (Fsp3) is 0.385. The lowest BCUT2D eigenvalue weighted by Gasteiger charge is -2.25. The van der Waals surface area contributed by atoms with Crippen molar-refractivity contribution in [3.05, 3.63) is 68.2 Å². The molecule has 1 fully saturated rings. The number of hydrogen-bond acceptors (Lipinski definition) is 6. The van der Waals surface area contributed by atoms with Gasteiger partial charge in [0.15, 0.2) is 0 Å². The van der Waals surface area contributed by atoms with Crippen LogP contribution < -0.4 is 14.5 Å². The lowest BCUT2D eigenvalue weighted by atomic mass is 9.98. The highest BCUT2D eigenvalue weighted by atomic mass is 35.5. The third-order valence-corrected chi connectivity index (χ3v) is 8.98. The van der Waals surface area contributed by atoms with E-state index in [9.17, 15) is 28.2 Å². The van der Waals surface area contributed by atoms with Crippen LogP contribution in [0.5, 0.6) is 5.75 Å². The van der Waals surface area contributed by atoms with Crippen molar-refractivity contribution in [2.24, 2.45) is 5.92 Å². The molecule has 1 aliphatic rings. The number of carboxylic acid groups (broad SMARTS) is 1. The fourth-order valence-corrected chi connectivity index (χ4v) is 6.62. The monoisotopic (exact) mass is 566 g/mol. The highest BCUT2D eigenvalue weighted by molar-refractivity contribution is 7.93. The van der Waals surface area contributed by atoms with Crippen LogP contribution in [0.1, 0.15) is 47.8 Å². The molecular formula is C26H28ClFN2O7S. The molecule has 204 valence electrons. The molecule has 4 rings (SSSR count). The predicted octanol–water partition coefficient (Wildman–Crippen LogP) is 3.82. The third-order valence-electron chi connectivity index (χ3n) is 6.84. The molecule has 9 nitrogen and oxygen atoms in total. The summed E-state index contributed by atoms with van der Waals surface area (Å²) < 4.78 is 48.3. The molecule has 2 N–H and O–H groups in total. The molecule has 3 aromatic rings. The van der Waals surface area contributed by atoms with Gasteiger partial charge in [-0.1, -0.05) is 25.4 Å². The summed E-state index contributed by atoms with van der Waals surface area (Å²) >= 11 is 6.14. The van der Waals surface area contributed by atoms with Crippen LogP contribution in [0.2, 0.25) is 5.02 Å². The van der Waals surface area contributed by atoms with E-state index in [4.69, 9.17) is 16.3 Å². The number of nitrogens with zero attached hydrogens (tertiary/aromatic N) is 2. The van der Waals surface area contributed by atoms with Crippen molar-refractivity contribution in [3.8, 4) is 5.75 Å². The van der Waals surface area contributed by atoms with Gasteiger partial charge >= 0.3 is 5.97 Å². The number of methoxy groups -OCH3 is 1. The average molecular weight is 567 g/mol. The Morgan fingerprint density at radius 1 is 1.21 bits per heavy atom. The van der Waals surface area contributed by atoms with Crippen molar-refractivity contribution in [1.82, 2.24) is 4.57 Å². The number of rotatable bonds is 8. The van der Waals surface area contributed by atoms with Gasteiger partial charge < -0.3 is 19.5 Å². The normalized spacial score (nSPS) is 15.8. The van der Waals surface area contributed by atoms with E-state index < -0.39 is 38.8 Å². The standard InChI is InChI=1S/C26H28ClFN2O7S/c1-14(2)22(13-31)29-12-19(26(33)34)25(32)18-9-15(23(37-3)11-21(18)29)7-16-8-17(10-20(27)24(16)28)30-5-4-6-38(30,35)36/h8-12,14,22,31H,4-7,13H2,1-3H3,(H,33,34)/t22-/m1/s1. The highest BCUT2D eigenvalue weighted by Crippen LogP contribution is 2.35. The number of aliphatic hydroxyl groups is 1. The quantitative estimate of drug-likeness (QED) is 0.424. The summed E-state index contributed by atoms with van der Waals surface area (Å²) in [4.78, 5) is 25.0. The number of fused-ring (bicyclic) bond motifs is 1. The van der Waals surface area contributed by atoms with Crippen LogP contribution in [0.15, 0.2) is 35.3 Å². The fourth-order valence-electron chi connectivity index (χ4n) is 4.83. The summed E-state index contributed by atoms with van der Waals surface area (Å²) in [5, 5.41) is 19.5. The molecular weight excluding hydrogens is 539 g/mol. The number of pyridine rings is 1. The number of carboxylic acids is 1. The second-order valence-corrected chi connectivity index (χ2v) is 12.0. The zero-order valence-electron chi connectivity index (χ0n) is 21.1. The van der Waals surface area contributed by atoms with Crippen molar-refractivity contribution in [3.63, 3.8) is 0 Å². The van der Waals surface area contributed by atoms with Gasteiger partial charge in [-0.25, -0.2) is 17.6 Å². The maximum Gasteiger partial charge on any atom is 0.341 e. The van der Waals surface area contributed by atoms with Gasteiger partial charge in [-0.3, -0.25) is 9.10 Å². The van der Waals surface area contributed by atoms with Crippen molar-refractivity contribution in [1.29, 1.82) is 0 Å². The molecule has 2 aromatic carbocycles. The van der Waals surface area contributed by atoms with Gasteiger partial charge in [-0.2, -0.15) is 0 Å². The molecule has 0 amide bonds. The topological polar surface area (TPSA) is 126 Å². The van der Waals surface area contributed by atoms with Crippen LogP contribution in [0.25, 0.3) is 10.9 Å². The van der Waals surface area contributed by atoms with E-state index in [0.29, 0.717) is 23.3 Å². The minimum atomic E-state index is -3.53. The number of anilines is 1. The summed E-state index contributed by atoms with van der Waals surface area (Å²) in [6.07, 6.45) is 1.54. The largest absolute Gasteiger partial charge is 0.496 e. The number of ether oxygens (including phenoxy) is 1. The zero-order valence-corrected chi connectivity index (χ0v) is 22.6. The molecule has 0 aliphatic carbocycles. The first-order valence-electron chi connectivity index (χ1n) is 12.0. The number of sulfonamides is 1. The van der Waals surface area contributed by atoms with E-state index in [-0.39, 0.29) is 52.9 Å². The number of halogens is 2. The molecule has 1 atom stereocenters. The molecule has 0 radical (unpaired) electrons. The lowest BCUT2D eigenvalue weighted by molar-refractivity contribution is 0.0694. The number of hydrogen-bond donors (Lipinski definition) is 2. The Bertz CT molecular complexity index is 1590. The van der Waals surface area contributed by atoms with E-state index in [1.807, 2.05) is 13.8 Å². The molecule has 2 heterocycles. The third kappa shape index (κ3) is 4.97. The van der Waals surface area contributed by atoms with Gasteiger partial charge in [0, 0.05) is 30.6 Å². The Morgan fingerprint density at radius 2 is 1.92 bits per heavy atom. The van der Waals surface area contributed by atoms with Gasteiger partial charge in [-0.15, -0.1) is 0 Å². The van der Waals surface area contributed by atoms with Gasteiger partial charge in [0.05, 0.1) is 41.7 Å². The van der Waals surface area contributed by atoms with Gasteiger partial charge in [0.1, 0.15) is 17.1 Å². The predicted molar refractivity (Wildman–Crippen MR) is 143 cm³/mol. The number of aromatic nitrogens is 1. The van der Waals surface area contributed by atoms with E-state index in [0.717, 1.165) is 0 Å². The molecule has 1 aromatic heterocycles. The Morgan fingerprint density at radius 3 is 2.47 bits per heavy atom. The second-order valence-electron chi connectivity index (χ2n) is 9.58. The van der Waals surface area contributed by atoms with Crippen molar-refractivity contribution in [2.45, 2.75) is 32.7 Å². The van der Waals surface area contributed by atoms with Gasteiger partial charge in [-0.05, 0) is 41.7 Å². The Hall–Kier alpha value is -3.15. The molecule has 38 heavy (non-hydrogen) atoms. The van der Waals surface area contributed by atoms with Crippen LogP contribution in [0, 0.1) is 11.7 Å². The molecule has 1 aliphatic heterocycles.